The van der Waals surface area contributed by atoms with E-state index in [0.29, 0.717) is 5.92 Å². The molecule has 0 amide bonds. The number of nitro groups is 1. The van der Waals surface area contributed by atoms with Gasteiger partial charge in [-0.2, -0.15) is 0 Å². The molecule has 2 unspecified atom stereocenters. The lowest BCUT2D eigenvalue weighted by Crippen LogP contribution is -2.48. The maximum atomic E-state index is 11.9. The largest absolute Gasteiger partial charge is 0.465 e. The summed E-state index contributed by atoms with van der Waals surface area (Å²) >= 11 is 0. The molecule has 1 heterocycles. The zero-order chi connectivity index (χ0) is 17.3. The van der Waals surface area contributed by atoms with Crippen LogP contribution >= 0.6 is 0 Å². The first-order valence-electron chi connectivity index (χ1n) is 7.71. The minimum absolute atomic E-state index is 0.0219. The smallest absolute Gasteiger partial charge is 0.344 e. The molecular formula is C18H18N2O4. The quantitative estimate of drug-likeness (QED) is 0.488. The Balaban J connectivity index is 1.98. The summed E-state index contributed by atoms with van der Waals surface area (Å²) in [6, 6.07) is 14.9. The molecule has 0 bridgehead atoms. The van der Waals surface area contributed by atoms with Gasteiger partial charge in [-0.1, -0.05) is 37.3 Å². The lowest BCUT2D eigenvalue weighted by atomic mass is 9.84. The number of benzene rings is 2. The highest BCUT2D eigenvalue weighted by molar-refractivity contribution is 5.95. The number of rotatable bonds is 4. The molecule has 2 aromatic rings. The summed E-state index contributed by atoms with van der Waals surface area (Å²) in [6.45, 7) is 3.00. The van der Waals surface area contributed by atoms with Crippen molar-refractivity contribution in [2.45, 2.75) is 13.0 Å². The van der Waals surface area contributed by atoms with E-state index in [4.69, 9.17) is 0 Å². The fraction of sp³-hybridized carbons (Fsp3) is 0.278. The lowest BCUT2D eigenvalue weighted by Gasteiger charge is -2.48. The van der Waals surface area contributed by atoms with E-state index in [2.05, 4.69) is 28.7 Å². The first kappa shape index (κ1) is 16.0. The van der Waals surface area contributed by atoms with Crippen molar-refractivity contribution in [2.75, 3.05) is 18.6 Å². The first-order valence-corrected chi connectivity index (χ1v) is 7.71. The number of hydrogen-bond acceptors (Lipinski definition) is 5. The van der Waals surface area contributed by atoms with Crippen LogP contribution in [0.3, 0.4) is 0 Å². The second kappa shape index (κ2) is 6.31. The summed E-state index contributed by atoms with van der Waals surface area (Å²) < 4.78 is 4.68. The van der Waals surface area contributed by atoms with Crippen LogP contribution in [0.2, 0.25) is 0 Å². The van der Waals surface area contributed by atoms with E-state index in [1.165, 1.54) is 18.7 Å². The van der Waals surface area contributed by atoms with E-state index < -0.39 is 10.9 Å². The van der Waals surface area contributed by atoms with Gasteiger partial charge in [0.2, 0.25) is 0 Å². The van der Waals surface area contributed by atoms with Crippen LogP contribution < -0.4 is 4.90 Å². The van der Waals surface area contributed by atoms with Gasteiger partial charge in [0.1, 0.15) is 5.56 Å². The van der Waals surface area contributed by atoms with Gasteiger partial charge in [-0.25, -0.2) is 4.79 Å². The minimum Gasteiger partial charge on any atom is -0.465 e. The van der Waals surface area contributed by atoms with Crippen LogP contribution in [0.15, 0.2) is 48.5 Å². The van der Waals surface area contributed by atoms with Crippen molar-refractivity contribution in [1.82, 2.24) is 0 Å². The molecule has 24 heavy (non-hydrogen) atoms. The number of methoxy groups -OCH3 is 1. The molecule has 0 N–H and O–H groups in total. The molecule has 1 saturated heterocycles. The van der Waals surface area contributed by atoms with Gasteiger partial charge in [-0.3, -0.25) is 10.1 Å². The van der Waals surface area contributed by atoms with Crippen LogP contribution in [0.1, 0.15) is 28.9 Å². The molecule has 2 atom stereocenters. The Morgan fingerprint density at radius 2 is 1.96 bits per heavy atom. The summed E-state index contributed by atoms with van der Waals surface area (Å²) in [5.41, 5.74) is 1.71. The van der Waals surface area contributed by atoms with Crippen molar-refractivity contribution < 1.29 is 14.5 Å². The highest BCUT2D eigenvalue weighted by Gasteiger charge is 2.37. The minimum atomic E-state index is -0.701. The summed E-state index contributed by atoms with van der Waals surface area (Å²) in [5, 5.41) is 11.1. The first-order chi connectivity index (χ1) is 11.5. The standard InChI is InChI=1S/C18H18N2O4/c1-12-11-19(17(12)13-6-4-3-5-7-13)14-8-9-16(20(22)23)15(10-14)18(21)24-2/h3-10,12,17H,11H2,1-2H3. The van der Waals surface area contributed by atoms with Gasteiger partial charge in [0.05, 0.1) is 18.1 Å². The van der Waals surface area contributed by atoms with Gasteiger partial charge in [-0.05, 0) is 23.6 Å². The highest BCUT2D eigenvalue weighted by Crippen LogP contribution is 2.42. The summed E-state index contributed by atoms with van der Waals surface area (Å²) in [5.74, 6) is -0.238. The average Bonchev–Trinajstić information content (AvgIpc) is 2.59. The molecule has 6 heteroatoms. The average molecular weight is 326 g/mol. The second-order valence-electron chi connectivity index (χ2n) is 5.94. The monoisotopic (exact) mass is 326 g/mol. The number of esters is 1. The Hall–Kier alpha value is -2.89. The third-order valence-corrected chi connectivity index (χ3v) is 4.41. The predicted octanol–water partition coefficient (Wildman–Crippen LogP) is 3.58. The van der Waals surface area contributed by atoms with Crippen LogP contribution in [0, 0.1) is 16.0 Å². The summed E-state index contributed by atoms with van der Waals surface area (Å²) in [6.07, 6.45) is 0. The number of anilines is 1. The maximum Gasteiger partial charge on any atom is 0.344 e. The topological polar surface area (TPSA) is 72.7 Å². The van der Waals surface area contributed by atoms with Crippen molar-refractivity contribution in [3.8, 4) is 0 Å². The molecule has 0 saturated carbocycles. The van der Waals surface area contributed by atoms with Crippen LogP contribution in [0.5, 0.6) is 0 Å². The zero-order valence-electron chi connectivity index (χ0n) is 13.5. The molecule has 124 valence electrons. The maximum absolute atomic E-state index is 11.9. The predicted molar refractivity (Wildman–Crippen MR) is 90.1 cm³/mol. The van der Waals surface area contributed by atoms with Crippen LogP contribution in [-0.2, 0) is 4.74 Å². The van der Waals surface area contributed by atoms with E-state index in [1.54, 1.807) is 12.1 Å². The van der Waals surface area contributed by atoms with E-state index in [1.807, 2.05) is 18.2 Å². The van der Waals surface area contributed by atoms with Crippen LogP contribution in [0.25, 0.3) is 0 Å². The molecule has 2 aromatic carbocycles. The third kappa shape index (κ3) is 2.71. The Labute approximate surface area is 139 Å². The van der Waals surface area contributed by atoms with Gasteiger partial charge in [0.25, 0.3) is 5.69 Å². The van der Waals surface area contributed by atoms with E-state index >= 15 is 0 Å². The van der Waals surface area contributed by atoms with Gasteiger partial charge in [-0.15, -0.1) is 0 Å². The van der Waals surface area contributed by atoms with E-state index in [-0.39, 0.29) is 17.3 Å². The van der Waals surface area contributed by atoms with E-state index in [0.717, 1.165) is 12.2 Å². The highest BCUT2D eigenvalue weighted by atomic mass is 16.6. The molecule has 1 aliphatic rings. The molecule has 1 fully saturated rings. The summed E-state index contributed by atoms with van der Waals surface area (Å²) in [4.78, 5) is 24.6. The Morgan fingerprint density at radius 3 is 2.54 bits per heavy atom. The van der Waals surface area contributed by atoms with Crippen LogP contribution in [0.4, 0.5) is 11.4 Å². The van der Waals surface area contributed by atoms with E-state index in [9.17, 15) is 14.9 Å². The number of ether oxygens (including phenoxy) is 1. The van der Waals surface area contributed by atoms with Gasteiger partial charge in [0.15, 0.2) is 0 Å². The lowest BCUT2D eigenvalue weighted by molar-refractivity contribution is -0.385. The van der Waals surface area contributed by atoms with Crippen molar-refractivity contribution in [3.63, 3.8) is 0 Å². The molecule has 0 spiro atoms. The van der Waals surface area contributed by atoms with Gasteiger partial charge in [0, 0.05) is 18.3 Å². The molecule has 3 rings (SSSR count). The third-order valence-electron chi connectivity index (χ3n) is 4.41. The Morgan fingerprint density at radius 1 is 1.25 bits per heavy atom. The number of nitro benzene ring substituents is 1. The summed E-state index contributed by atoms with van der Waals surface area (Å²) in [7, 11) is 1.22. The van der Waals surface area contributed by atoms with Crippen molar-refractivity contribution >= 4 is 17.3 Å². The molecule has 0 aliphatic carbocycles. The molecule has 0 aromatic heterocycles. The molecule has 1 aliphatic heterocycles. The second-order valence-corrected chi connectivity index (χ2v) is 5.94. The SMILES string of the molecule is COC(=O)c1cc(N2CC(C)C2c2ccccc2)ccc1[N+](=O)[O-]. The number of hydrogen-bond donors (Lipinski definition) is 0. The van der Waals surface area contributed by atoms with Gasteiger partial charge >= 0.3 is 5.97 Å². The molecule has 0 radical (unpaired) electrons. The fourth-order valence-corrected chi connectivity index (χ4v) is 3.25. The number of carbonyl (C=O) groups is 1. The fourth-order valence-electron chi connectivity index (χ4n) is 3.25. The van der Waals surface area contributed by atoms with Crippen LogP contribution in [-0.4, -0.2) is 24.5 Å². The molecular weight excluding hydrogens is 308 g/mol. The normalized spacial score (nSPS) is 19.5. The number of nitrogens with zero attached hydrogens (tertiary/aromatic N) is 2. The number of carbonyl (C=O) groups excluding carboxylic acids is 1. The van der Waals surface area contributed by atoms with Crippen molar-refractivity contribution in [3.05, 3.63) is 69.8 Å². The van der Waals surface area contributed by atoms with Crippen molar-refractivity contribution in [2.24, 2.45) is 5.92 Å². The Bertz CT molecular complexity index is 776. The molecule has 6 nitrogen and oxygen atoms in total. The van der Waals surface area contributed by atoms with Crippen molar-refractivity contribution in [1.29, 1.82) is 0 Å². The van der Waals surface area contributed by atoms with Gasteiger partial charge < -0.3 is 9.64 Å². The Kier molecular flexibility index (Phi) is 4.20. The zero-order valence-corrected chi connectivity index (χ0v) is 13.5.